The van der Waals surface area contributed by atoms with E-state index < -0.39 is 6.17 Å². The Balaban J connectivity index is 2.06. The third kappa shape index (κ3) is 1.76. The lowest BCUT2D eigenvalue weighted by atomic mass is 10.1. The first kappa shape index (κ1) is 9.15. The molecular formula is C8H7BrFNOS. The Morgan fingerprint density at radius 3 is 2.85 bits per heavy atom. The minimum Gasteiger partial charge on any atom is -0.333 e. The number of rotatable bonds is 1. The van der Waals surface area contributed by atoms with Crippen molar-refractivity contribution in [3.8, 4) is 0 Å². The monoisotopic (exact) mass is 263 g/mol. The van der Waals surface area contributed by atoms with E-state index in [1.165, 1.54) is 16.2 Å². The summed E-state index contributed by atoms with van der Waals surface area (Å²) in [5, 5.41) is 1.78. The van der Waals surface area contributed by atoms with Crippen LogP contribution in [0, 0.1) is 0 Å². The molecule has 1 aromatic rings. The number of hydrogen-bond donors (Lipinski definition) is 0. The van der Waals surface area contributed by atoms with Crippen LogP contribution >= 0.6 is 27.3 Å². The zero-order valence-electron chi connectivity index (χ0n) is 6.67. The minimum atomic E-state index is -0.828. The Labute approximate surface area is 87.5 Å². The van der Waals surface area contributed by atoms with Crippen molar-refractivity contribution in [1.82, 2.24) is 4.90 Å². The first-order valence-corrected chi connectivity index (χ1v) is 5.51. The summed E-state index contributed by atoms with van der Waals surface area (Å²) in [6, 6.07) is 1.76. The number of carbonyl (C=O) groups excluding carboxylic acids is 1. The van der Waals surface area contributed by atoms with Gasteiger partial charge < -0.3 is 4.90 Å². The summed E-state index contributed by atoms with van der Waals surface area (Å²) in [7, 11) is 0. The zero-order valence-corrected chi connectivity index (χ0v) is 9.07. The molecule has 1 aliphatic heterocycles. The fourth-order valence-electron chi connectivity index (χ4n) is 1.20. The first-order chi connectivity index (χ1) is 6.16. The highest BCUT2D eigenvalue weighted by Crippen LogP contribution is 2.23. The molecule has 1 fully saturated rings. The normalized spacial score (nSPS) is 17.2. The molecule has 2 rings (SSSR count). The van der Waals surface area contributed by atoms with Crippen LogP contribution in [-0.2, 0) is 0 Å². The average molecular weight is 264 g/mol. The van der Waals surface area contributed by atoms with Crippen molar-refractivity contribution in [1.29, 1.82) is 0 Å². The van der Waals surface area contributed by atoms with Crippen molar-refractivity contribution < 1.29 is 9.18 Å². The fourth-order valence-corrected chi connectivity index (χ4v) is 2.33. The molecule has 0 radical (unpaired) electrons. The Morgan fingerprint density at radius 1 is 1.69 bits per heavy atom. The van der Waals surface area contributed by atoms with Crippen molar-refractivity contribution in [2.24, 2.45) is 0 Å². The molecule has 13 heavy (non-hydrogen) atoms. The standard InChI is InChI=1S/C8H7BrFNOS/c9-7-1-5(4-13-7)8(12)11-2-6(10)3-11/h1,4,6H,2-3H2. The number of amides is 1. The molecule has 1 aliphatic rings. The van der Waals surface area contributed by atoms with Gasteiger partial charge in [-0.3, -0.25) is 4.79 Å². The number of carbonyl (C=O) groups is 1. The van der Waals surface area contributed by atoms with Crippen molar-refractivity contribution in [3.05, 3.63) is 20.8 Å². The van der Waals surface area contributed by atoms with Gasteiger partial charge in [-0.2, -0.15) is 0 Å². The lowest BCUT2D eigenvalue weighted by molar-refractivity contribution is 0.0401. The quantitative estimate of drug-likeness (QED) is 0.762. The lowest BCUT2D eigenvalue weighted by Gasteiger charge is -2.34. The van der Waals surface area contributed by atoms with Crippen LogP contribution in [-0.4, -0.2) is 30.1 Å². The molecule has 0 spiro atoms. The Hall–Kier alpha value is -0.420. The van der Waals surface area contributed by atoms with Crippen LogP contribution in [0.4, 0.5) is 4.39 Å². The van der Waals surface area contributed by atoms with Crippen LogP contribution in [0.15, 0.2) is 15.2 Å². The van der Waals surface area contributed by atoms with E-state index in [0.29, 0.717) is 5.56 Å². The van der Waals surface area contributed by atoms with Crippen LogP contribution in [0.3, 0.4) is 0 Å². The third-order valence-corrected chi connectivity index (χ3v) is 3.44. The summed E-state index contributed by atoms with van der Waals surface area (Å²) in [5.41, 5.74) is 0.642. The van der Waals surface area contributed by atoms with Gasteiger partial charge in [0.1, 0.15) is 6.17 Å². The van der Waals surface area contributed by atoms with Crippen molar-refractivity contribution in [2.75, 3.05) is 13.1 Å². The maximum absolute atomic E-state index is 12.4. The SMILES string of the molecule is O=C(c1csc(Br)c1)N1CC(F)C1. The van der Waals surface area contributed by atoms with Gasteiger partial charge in [-0.05, 0) is 22.0 Å². The molecule has 1 amide bonds. The molecule has 0 aromatic carbocycles. The predicted octanol–water partition coefficient (Wildman–Crippen LogP) is 2.30. The second-order valence-corrected chi connectivity index (χ2v) is 5.24. The molecule has 70 valence electrons. The van der Waals surface area contributed by atoms with Gasteiger partial charge in [0, 0.05) is 5.38 Å². The van der Waals surface area contributed by atoms with Crippen molar-refractivity contribution in [3.63, 3.8) is 0 Å². The van der Waals surface area contributed by atoms with Gasteiger partial charge in [-0.15, -0.1) is 11.3 Å². The van der Waals surface area contributed by atoms with Crippen molar-refractivity contribution in [2.45, 2.75) is 6.17 Å². The van der Waals surface area contributed by atoms with Crippen LogP contribution in [0.2, 0.25) is 0 Å². The van der Waals surface area contributed by atoms with Crippen LogP contribution in [0.5, 0.6) is 0 Å². The smallest absolute Gasteiger partial charge is 0.254 e. The summed E-state index contributed by atoms with van der Waals surface area (Å²) in [5.74, 6) is -0.0733. The topological polar surface area (TPSA) is 20.3 Å². The van der Waals surface area contributed by atoms with Gasteiger partial charge in [0.2, 0.25) is 0 Å². The van der Waals surface area contributed by atoms with Crippen LogP contribution < -0.4 is 0 Å². The number of likely N-dealkylation sites (tertiary alicyclic amines) is 1. The number of halogens is 2. The Morgan fingerprint density at radius 2 is 2.38 bits per heavy atom. The van der Waals surface area contributed by atoms with Crippen molar-refractivity contribution >= 4 is 33.2 Å². The van der Waals surface area contributed by atoms with E-state index in [0.717, 1.165) is 3.79 Å². The number of thiophene rings is 1. The molecule has 0 aliphatic carbocycles. The highest BCUT2D eigenvalue weighted by Gasteiger charge is 2.31. The second kappa shape index (κ2) is 3.38. The number of alkyl halides is 1. The van der Waals surface area contributed by atoms with Gasteiger partial charge in [-0.1, -0.05) is 0 Å². The van der Waals surface area contributed by atoms with Gasteiger partial charge >= 0.3 is 0 Å². The van der Waals surface area contributed by atoms with E-state index >= 15 is 0 Å². The zero-order chi connectivity index (χ0) is 9.42. The highest BCUT2D eigenvalue weighted by atomic mass is 79.9. The largest absolute Gasteiger partial charge is 0.333 e. The highest BCUT2D eigenvalue weighted by molar-refractivity contribution is 9.11. The van der Waals surface area contributed by atoms with E-state index in [2.05, 4.69) is 15.9 Å². The molecule has 0 saturated carbocycles. The molecule has 0 unspecified atom stereocenters. The molecule has 0 bridgehead atoms. The first-order valence-electron chi connectivity index (χ1n) is 3.84. The van der Waals surface area contributed by atoms with Gasteiger partial charge in [-0.25, -0.2) is 4.39 Å². The molecule has 0 N–H and O–H groups in total. The van der Waals surface area contributed by atoms with E-state index in [-0.39, 0.29) is 19.0 Å². The molecule has 1 saturated heterocycles. The lowest BCUT2D eigenvalue weighted by Crippen LogP contribution is -2.51. The summed E-state index contributed by atoms with van der Waals surface area (Å²) in [4.78, 5) is 13.0. The maximum Gasteiger partial charge on any atom is 0.254 e. The molecule has 1 aromatic heterocycles. The predicted molar refractivity (Wildman–Crippen MR) is 52.8 cm³/mol. The van der Waals surface area contributed by atoms with Gasteiger partial charge in [0.25, 0.3) is 5.91 Å². The van der Waals surface area contributed by atoms with Crippen LogP contribution in [0.1, 0.15) is 10.4 Å². The molecule has 5 heteroatoms. The molecule has 2 heterocycles. The third-order valence-electron chi connectivity index (χ3n) is 1.94. The summed E-state index contributed by atoms with van der Waals surface area (Å²) >= 11 is 4.74. The minimum absolute atomic E-state index is 0.0733. The molecular weight excluding hydrogens is 257 g/mol. The second-order valence-electron chi connectivity index (χ2n) is 2.95. The summed E-state index contributed by atoms with van der Waals surface area (Å²) in [6.07, 6.45) is -0.828. The fraction of sp³-hybridized carbons (Fsp3) is 0.375. The Bertz CT molecular complexity index is 335. The molecule has 2 nitrogen and oxygen atoms in total. The van der Waals surface area contributed by atoms with E-state index in [1.54, 1.807) is 11.4 Å². The average Bonchev–Trinajstić information content (AvgIpc) is 2.45. The summed E-state index contributed by atoms with van der Waals surface area (Å²) < 4.78 is 13.4. The summed E-state index contributed by atoms with van der Waals surface area (Å²) in [6.45, 7) is 0.485. The van der Waals surface area contributed by atoms with Crippen LogP contribution in [0.25, 0.3) is 0 Å². The maximum atomic E-state index is 12.4. The van der Waals surface area contributed by atoms with E-state index in [9.17, 15) is 9.18 Å². The number of nitrogens with zero attached hydrogens (tertiary/aromatic N) is 1. The van der Waals surface area contributed by atoms with E-state index in [4.69, 9.17) is 0 Å². The molecule has 0 atom stereocenters. The van der Waals surface area contributed by atoms with E-state index in [1.807, 2.05) is 0 Å². The van der Waals surface area contributed by atoms with Gasteiger partial charge in [0.15, 0.2) is 0 Å². The number of hydrogen-bond acceptors (Lipinski definition) is 2. The van der Waals surface area contributed by atoms with Gasteiger partial charge in [0.05, 0.1) is 22.4 Å². The Kier molecular flexibility index (Phi) is 2.38.